The summed E-state index contributed by atoms with van der Waals surface area (Å²) in [6.45, 7) is 8.22. The van der Waals surface area contributed by atoms with Crippen molar-refractivity contribution in [1.82, 2.24) is 0 Å². The van der Waals surface area contributed by atoms with Gasteiger partial charge in [0.2, 0.25) is 0 Å². The second-order valence-electron chi connectivity index (χ2n) is 6.67. The predicted molar refractivity (Wildman–Crippen MR) is 85.0 cm³/mol. The van der Waals surface area contributed by atoms with E-state index < -0.39 is 21.7 Å². The van der Waals surface area contributed by atoms with Gasteiger partial charge in [0.05, 0.1) is 35.5 Å². The van der Waals surface area contributed by atoms with Gasteiger partial charge in [-0.1, -0.05) is 27.7 Å². The van der Waals surface area contributed by atoms with Gasteiger partial charge in [-0.3, -0.25) is 0 Å². The summed E-state index contributed by atoms with van der Waals surface area (Å²) in [5.41, 5.74) is 0. The molecule has 0 aliphatic rings. The van der Waals surface area contributed by atoms with Gasteiger partial charge in [0.1, 0.15) is 0 Å². The molecule has 4 nitrogen and oxygen atoms in total. The summed E-state index contributed by atoms with van der Waals surface area (Å²) in [7, 11) is -3.35. The van der Waals surface area contributed by atoms with E-state index in [1.807, 2.05) is 0 Å². The average Bonchev–Trinajstić information content (AvgIpc) is 2.38. The van der Waals surface area contributed by atoms with E-state index in [0.717, 1.165) is 12.8 Å². The summed E-state index contributed by atoms with van der Waals surface area (Å²) in [4.78, 5) is 0. The zero-order valence-electron chi connectivity index (χ0n) is 13.7. The van der Waals surface area contributed by atoms with Crippen LogP contribution in [0, 0.1) is 46.3 Å². The van der Waals surface area contributed by atoms with E-state index in [4.69, 9.17) is 10.5 Å². The second kappa shape index (κ2) is 9.79. The molecule has 0 aromatic carbocycles. The number of nitrogens with zero attached hydrogens (tertiary/aromatic N) is 2. The van der Waals surface area contributed by atoms with Crippen LogP contribution in [0.2, 0.25) is 0 Å². The van der Waals surface area contributed by atoms with Crippen molar-refractivity contribution >= 4 is 9.84 Å². The fourth-order valence-electron chi connectivity index (χ4n) is 2.12. The van der Waals surface area contributed by atoms with Crippen molar-refractivity contribution in [2.75, 3.05) is 11.5 Å². The minimum absolute atomic E-state index is 0.115. The molecule has 0 spiro atoms. The Morgan fingerprint density at radius 1 is 0.762 bits per heavy atom. The van der Waals surface area contributed by atoms with Crippen LogP contribution < -0.4 is 0 Å². The van der Waals surface area contributed by atoms with E-state index in [1.54, 1.807) is 0 Å². The van der Waals surface area contributed by atoms with Gasteiger partial charge in [0, 0.05) is 0 Å². The third kappa shape index (κ3) is 10.3. The average molecular weight is 312 g/mol. The Morgan fingerprint density at radius 2 is 1.10 bits per heavy atom. The van der Waals surface area contributed by atoms with E-state index in [1.165, 1.54) is 0 Å². The van der Waals surface area contributed by atoms with Crippen LogP contribution in [0.4, 0.5) is 0 Å². The molecule has 0 saturated heterocycles. The van der Waals surface area contributed by atoms with Gasteiger partial charge in [0.15, 0.2) is 9.84 Å². The third-order valence-corrected chi connectivity index (χ3v) is 5.28. The highest BCUT2D eigenvalue weighted by atomic mass is 32.2. The molecule has 0 aromatic rings. The molecule has 5 heteroatoms. The van der Waals surface area contributed by atoms with Crippen LogP contribution in [-0.4, -0.2) is 19.9 Å². The lowest BCUT2D eigenvalue weighted by atomic mass is 10.0. The van der Waals surface area contributed by atoms with Gasteiger partial charge in [-0.25, -0.2) is 8.42 Å². The van der Waals surface area contributed by atoms with Crippen molar-refractivity contribution in [3.63, 3.8) is 0 Å². The molecule has 0 aliphatic heterocycles. The van der Waals surface area contributed by atoms with Gasteiger partial charge < -0.3 is 0 Å². The Morgan fingerprint density at radius 3 is 1.33 bits per heavy atom. The van der Waals surface area contributed by atoms with Crippen molar-refractivity contribution in [1.29, 1.82) is 10.5 Å². The molecule has 21 heavy (non-hydrogen) atoms. The zero-order chi connectivity index (χ0) is 16.5. The Bertz CT molecular complexity index is 431. The maximum Gasteiger partial charge on any atom is 0.152 e. The molecule has 0 bridgehead atoms. The topological polar surface area (TPSA) is 81.7 Å². The van der Waals surface area contributed by atoms with Crippen LogP contribution in [-0.2, 0) is 9.84 Å². The molecule has 0 aliphatic carbocycles. The van der Waals surface area contributed by atoms with E-state index in [0.29, 0.717) is 24.7 Å². The molecule has 120 valence electrons. The first kappa shape index (κ1) is 19.9. The summed E-state index contributed by atoms with van der Waals surface area (Å²) >= 11 is 0. The predicted octanol–water partition coefficient (Wildman–Crippen LogP) is 3.55. The maximum atomic E-state index is 12.2. The summed E-state index contributed by atoms with van der Waals surface area (Å²) in [6.07, 6.45) is 2.92. The second-order valence-corrected chi connectivity index (χ2v) is 8.83. The van der Waals surface area contributed by atoms with Crippen molar-refractivity contribution in [3.05, 3.63) is 0 Å². The van der Waals surface area contributed by atoms with Gasteiger partial charge in [0.25, 0.3) is 0 Å². The Labute approximate surface area is 130 Å². The van der Waals surface area contributed by atoms with E-state index in [2.05, 4.69) is 39.8 Å². The molecule has 2 atom stereocenters. The number of hydrogen-bond acceptors (Lipinski definition) is 4. The molecule has 0 aromatic heterocycles. The highest BCUT2D eigenvalue weighted by molar-refractivity contribution is 7.91. The summed E-state index contributed by atoms with van der Waals surface area (Å²) in [5, 5.41) is 18.2. The van der Waals surface area contributed by atoms with Crippen molar-refractivity contribution in [2.24, 2.45) is 23.7 Å². The lowest BCUT2D eigenvalue weighted by Crippen LogP contribution is -2.23. The number of rotatable bonds is 10. The summed E-state index contributed by atoms with van der Waals surface area (Å²) in [6, 6.07) is 4.19. The fraction of sp³-hybridized carbons (Fsp3) is 0.875. The lowest BCUT2D eigenvalue weighted by Gasteiger charge is -2.14. The smallest absolute Gasteiger partial charge is 0.152 e. The van der Waals surface area contributed by atoms with Crippen LogP contribution in [0.3, 0.4) is 0 Å². The van der Waals surface area contributed by atoms with Gasteiger partial charge >= 0.3 is 0 Å². The molecule has 0 amide bonds. The van der Waals surface area contributed by atoms with Gasteiger partial charge in [-0.15, -0.1) is 0 Å². The van der Waals surface area contributed by atoms with Crippen LogP contribution in [0.15, 0.2) is 0 Å². The highest BCUT2D eigenvalue weighted by Crippen LogP contribution is 2.18. The molecule has 0 heterocycles. The molecule has 0 fully saturated rings. The van der Waals surface area contributed by atoms with E-state index >= 15 is 0 Å². The quantitative estimate of drug-likeness (QED) is 0.617. The molecule has 0 saturated carbocycles. The molecular weight excluding hydrogens is 284 g/mol. The largest absolute Gasteiger partial charge is 0.229 e. The SMILES string of the molecule is CC(C)CCC(C#N)CS(=O)(=O)CC(C#N)CCC(C)C. The normalized spacial score (nSPS) is 14.7. The minimum Gasteiger partial charge on any atom is -0.229 e. The fourth-order valence-corrected chi connectivity index (χ4v) is 3.97. The number of nitriles is 2. The van der Waals surface area contributed by atoms with Crippen molar-refractivity contribution in [2.45, 2.75) is 53.4 Å². The Hall–Kier alpha value is -1.07. The van der Waals surface area contributed by atoms with Crippen LogP contribution in [0.5, 0.6) is 0 Å². The molecule has 2 unspecified atom stereocenters. The molecule has 0 rings (SSSR count). The van der Waals surface area contributed by atoms with Crippen molar-refractivity contribution in [3.8, 4) is 12.1 Å². The lowest BCUT2D eigenvalue weighted by molar-refractivity contribution is 0.490. The minimum atomic E-state index is -3.35. The van der Waals surface area contributed by atoms with E-state index in [-0.39, 0.29) is 11.5 Å². The van der Waals surface area contributed by atoms with Crippen LogP contribution in [0.25, 0.3) is 0 Å². The number of hydrogen-bond donors (Lipinski definition) is 0. The molecule has 0 N–H and O–H groups in total. The first-order valence-corrected chi connectivity index (χ1v) is 9.52. The van der Waals surface area contributed by atoms with Crippen LogP contribution >= 0.6 is 0 Å². The van der Waals surface area contributed by atoms with Gasteiger partial charge in [-0.2, -0.15) is 10.5 Å². The maximum absolute atomic E-state index is 12.2. The molecule has 0 radical (unpaired) electrons. The van der Waals surface area contributed by atoms with Crippen molar-refractivity contribution < 1.29 is 8.42 Å². The number of sulfone groups is 1. The monoisotopic (exact) mass is 312 g/mol. The Balaban J connectivity index is 4.52. The first-order valence-electron chi connectivity index (χ1n) is 7.69. The molecular formula is C16H28N2O2S. The third-order valence-electron chi connectivity index (χ3n) is 3.46. The zero-order valence-corrected chi connectivity index (χ0v) is 14.5. The summed E-state index contributed by atoms with van der Waals surface area (Å²) in [5.74, 6) is -0.224. The van der Waals surface area contributed by atoms with Crippen LogP contribution in [0.1, 0.15) is 53.4 Å². The summed E-state index contributed by atoms with van der Waals surface area (Å²) < 4.78 is 24.3. The van der Waals surface area contributed by atoms with E-state index in [9.17, 15) is 8.42 Å². The Kier molecular flexibility index (Phi) is 9.29. The standard InChI is InChI=1S/C16H28N2O2S/c1-13(2)5-7-15(9-17)11-21(19,20)12-16(10-18)8-6-14(3)4/h13-16H,5-8,11-12H2,1-4H3. The van der Waals surface area contributed by atoms with Gasteiger partial charge in [-0.05, 0) is 37.5 Å². The first-order chi connectivity index (χ1) is 9.70. The highest BCUT2D eigenvalue weighted by Gasteiger charge is 2.23.